The molecule has 2 heterocycles. The van der Waals surface area contributed by atoms with E-state index in [1.165, 1.54) is 11.3 Å². The Kier molecular flexibility index (Phi) is 8.48. The van der Waals surface area contributed by atoms with Crippen molar-refractivity contribution in [2.45, 2.75) is 26.8 Å². The number of rotatable bonds is 10. The molecule has 0 amide bonds. The van der Waals surface area contributed by atoms with Crippen molar-refractivity contribution in [2.75, 3.05) is 26.9 Å². The zero-order valence-electron chi connectivity index (χ0n) is 21.9. The molecule has 0 radical (unpaired) electrons. The van der Waals surface area contributed by atoms with Crippen LogP contribution in [-0.4, -0.2) is 37.5 Å². The topological polar surface area (TPSA) is 88.4 Å². The molecule has 0 saturated heterocycles. The first kappa shape index (κ1) is 26.9. The van der Waals surface area contributed by atoms with E-state index in [9.17, 15) is 9.59 Å². The van der Waals surface area contributed by atoms with Crippen molar-refractivity contribution in [3.63, 3.8) is 0 Å². The fourth-order valence-corrected chi connectivity index (χ4v) is 5.24. The van der Waals surface area contributed by atoms with Crippen LogP contribution in [-0.2, 0) is 9.53 Å². The summed E-state index contributed by atoms with van der Waals surface area (Å²) in [5.74, 6) is 1.25. The third-order valence-electron chi connectivity index (χ3n) is 5.87. The van der Waals surface area contributed by atoms with Crippen molar-refractivity contribution in [3.8, 4) is 17.2 Å². The van der Waals surface area contributed by atoms with Crippen molar-refractivity contribution < 1.29 is 23.7 Å². The first-order chi connectivity index (χ1) is 18.4. The largest absolute Gasteiger partial charge is 0.497 e. The van der Waals surface area contributed by atoms with Crippen molar-refractivity contribution in [3.05, 3.63) is 97.2 Å². The molecule has 9 heteroatoms. The van der Waals surface area contributed by atoms with Gasteiger partial charge in [-0.1, -0.05) is 42.2 Å². The second-order valence-corrected chi connectivity index (χ2v) is 9.32. The molecule has 0 aliphatic carbocycles. The number of allylic oxidation sites excluding steroid dienone is 1. The number of methoxy groups -OCH3 is 1. The van der Waals surface area contributed by atoms with E-state index in [2.05, 4.69) is 11.6 Å². The zero-order valence-corrected chi connectivity index (χ0v) is 22.7. The van der Waals surface area contributed by atoms with E-state index in [-0.39, 0.29) is 12.2 Å². The number of hydrogen-bond acceptors (Lipinski definition) is 8. The number of aromatic nitrogens is 1. The number of thiazole rings is 1. The molecular formula is C29H30N2O6S. The number of nitrogens with zero attached hydrogens (tertiary/aromatic N) is 2. The van der Waals surface area contributed by atoms with Gasteiger partial charge in [-0.2, -0.15) is 0 Å². The van der Waals surface area contributed by atoms with E-state index in [1.807, 2.05) is 43.3 Å². The number of hydrogen-bond donors (Lipinski definition) is 0. The van der Waals surface area contributed by atoms with Gasteiger partial charge in [0.05, 0.1) is 42.2 Å². The average Bonchev–Trinajstić information content (AvgIpc) is 3.21. The molecule has 1 unspecified atom stereocenters. The predicted molar refractivity (Wildman–Crippen MR) is 147 cm³/mol. The average molecular weight is 535 g/mol. The fraction of sp³-hybridized carbons (Fsp3) is 0.276. The lowest BCUT2D eigenvalue weighted by Crippen LogP contribution is -2.40. The van der Waals surface area contributed by atoms with Gasteiger partial charge in [0.1, 0.15) is 12.4 Å². The van der Waals surface area contributed by atoms with Crippen LogP contribution in [0.25, 0.3) is 6.08 Å². The SMILES string of the molecule is C=CCOc1ccc(C2C(C(=O)OCC)=C(C)N=c3sc(=Cc4ccc(OC)cc4)c(=O)n32)cc1OCC. The molecule has 1 aromatic heterocycles. The summed E-state index contributed by atoms with van der Waals surface area (Å²) in [5.41, 5.74) is 2.06. The monoisotopic (exact) mass is 534 g/mol. The Morgan fingerprint density at radius 2 is 1.87 bits per heavy atom. The van der Waals surface area contributed by atoms with Crippen LogP contribution in [0.2, 0.25) is 0 Å². The second kappa shape index (κ2) is 12.0. The Labute approximate surface area is 224 Å². The molecule has 2 aromatic carbocycles. The smallest absolute Gasteiger partial charge is 0.338 e. The van der Waals surface area contributed by atoms with Gasteiger partial charge in [0.25, 0.3) is 5.56 Å². The van der Waals surface area contributed by atoms with Gasteiger partial charge in [-0.05, 0) is 62.2 Å². The maximum Gasteiger partial charge on any atom is 0.338 e. The Balaban J connectivity index is 1.91. The molecule has 1 aliphatic rings. The van der Waals surface area contributed by atoms with Crippen molar-refractivity contribution >= 4 is 23.4 Å². The molecule has 0 fully saturated rings. The van der Waals surface area contributed by atoms with Crippen molar-refractivity contribution in [1.29, 1.82) is 0 Å². The summed E-state index contributed by atoms with van der Waals surface area (Å²) in [7, 11) is 1.60. The molecule has 0 bridgehead atoms. The molecule has 8 nitrogen and oxygen atoms in total. The minimum atomic E-state index is -0.754. The molecule has 0 N–H and O–H groups in total. The molecule has 38 heavy (non-hydrogen) atoms. The summed E-state index contributed by atoms with van der Waals surface area (Å²) >= 11 is 1.27. The van der Waals surface area contributed by atoms with Crippen molar-refractivity contribution in [1.82, 2.24) is 4.57 Å². The molecule has 0 spiro atoms. The van der Waals surface area contributed by atoms with Gasteiger partial charge in [-0.15, -0.1) is 0 Å². The van der Waals surface area contributed by atoms with Gasteiger partial charge >= 0.3 is 5.97 Å². The van der Waals surface area contributed by atoms with Crippen LogP contribution in [0.3, 0.4) is 0 Å². The first-order valence-electron chi connectivity index (χ1n) is 12.3. The summed E-state index contributed by atoms with van der Waals surface area (Å²) in [6, 6.07) is 12.1. The van der Waals surface area contributed by atoms with Crippen LogP contribution < -0.4 is 29.1 Å². The van der Waals surface area contributed by atoms with Crippen LogP contribution in [0.5, 0.6) is 17.2 Å². The van der Waals surface area contributed by atoms with Gasteiger partial charge in [0.15, 0.2) is 16.3 Å². The Bertz CT molecular complexity index is 1550. The Hall–Kier alpha value is -4.11. The normalized spacial score (nSPS) is 14.9. The first-order valence-corrected chi connectivity index (χ1v) is 13.1. The standard InChI is InChI=1S/C29H30N2O6S/c1-6-15-37-22-14-11-20(17-23(22)35-7-2)26-25(28(33)36-8-3)18(4)30-29-31(26)27(32)24(38-29)16-19-9-12-21(34-5)13-10-19/h6,9-14,16-17,26H,1,7-8,15H2,2-5H3. The molecule has 198 valence electrons. The quantitative estimate of drug-likeness (QED) is 0.291. The molecule has 1 aliphatic heterocycles. The van der Waals surface area contributed by atoms with Crippen molar-refractivity contribution in [2.24, 2.45) is 4.99 Å². The molecule has 4 rings (SSSR count). The lowest BCUT2D eigenvalue weighted by molar-refractivity contribution is -0.139. The summed E-state index contributed by atoms with van der Waals surface area (Å²) in [6.07, 6.45) is 3.46. The lowest BCUT2D eigenvalue weighted by atomic mass is 9.95. The molecule has 0 saturated carbocycles. The van der Waals surface area contributed by atoms with E-state index in [0.717, 1.165) is 11.3 Å². The minimum Gasteiger partial charge on any atom is -0.497 e. The second-order valence-electron chi connectivity index (χ2n) is 8.31. The highest BCUT2D eigenvalue weighted by molar-refractivity contribution is 7.07. The highest BCUT2D eigenvalue weighted by atomic mass is 32.1. The predicted octanol–water partition coefficient (Wildman–Crippen LogP) is 3.77. The van der Waals surface area contributed by atoms with E-state index < -0.39 is 12.0 Å². The van der Waals surface area contributed by atoms with Crippen LogP contribution in [0.1, 0.15) is 37.9 Å². The van der Waals surface area contributed by atoms with Gasteiger partial charge in [-0.3, -0.25) is 9.36 Å². The highest BCUT2D eigenvalue weighted by Crippen LogP contribution is 2.36. The third-order valence-corrected chi connectivity index (χ3v) is 6.85. The number of esters is 1. The summed E-state index contributed by atoms with van der Waals surface area (Å²) in [6.45, 7) is 9.99. The maximum atomic E-state index is 13.8. The summed E-state index contributed by atoms with van der Waals surface area (Å²) in [5, 5.41) is 0. The van der Waals surface area contributed by atoms with E-state index >= 15 is 0 Å². The molecule has 1 atom stereocenters. The number of ether oxygens (including phenoxy) is 4. The minimum absolute atomic E-state index is 0.197. The van der Waals surface area contributed by atoms with Gasteiger partial charge in [0.2, 0.25) is 0 Å². The van der Waals surface area contributed by atoms with E-state index in [4.69, 9.17) is 18.9 Å². The maximum absolute atomic E-state index is 13.8. The number of fused-ring (bicyclic) bond motifs is 1. The zero-order chi connectivity index (χ0) is 27.2. The van der Waals surface area contributed by atoms with Crippen LogP contribution in [0, 0.1) is 0 Å². The molecular weight excluding hydrogens is 504 g/mol. The number of carbonyl (C=O) groups excluding carboxylic acids is 1. The van der Waals surface area contributed by atoms with Gasteiger partial charge in [-0.25, -0.2) is 9.79 Å². The van der Waals surface area contributed by atoms with Crippen LogP contribution >= 0.6 is 11.3 Å². The van der Waals surface area contributed by atoms with E-state index in [0.29, 0.717) is 50.9 Å². The van der Waals surface area contributed by atoms with Crippen LogP contribution in [0.15, 0.2) is 76.2 Å². The number of carbonyl (C=O) groups is 1. The highest BCUT2D eigenvalue weighted by Gasteiger charge is 2.34. The van der Waals surface area contributed by atoms with E-state index in [1.54, 1.807) is 43.7 Å². The Morgan fingerprint density at radius 3 is 2.53 bits per heavy atom. The summed E-state index contributed by atoms with van der Waals surface area (Å²) < 4.78 is 24.2. The fourth-order valence-electron chi connectivity index (χ4n) is 4.19. The third kappa shape index (κ3) is 5.43. The van der Waals surface area contributed by atoms with Gasteiger partial charge in [0, 0.05) is 0 Å². The molecule has 3 aromatic rings. The number of benzene rings is 2. The van der Waals surface area contributed by atoms with Crippen LogP contribution in [0.4, 0.5) is 0 Å². The van der Waals surface area contributed by atoms with Gasteiger partial charge < -0.3 is 18.9 Å². The summed E-state index contributed by atoms with van der Waals surface area (Å²) in [4.78, 5) is 32.1. The lowest BCUT2D eigenvalue weighted by Gasteiger charge is -2.25. The Morgan fingerprint density at radius 1 is 1.11 bits per heavy atom.